The van der Waals surface area contributed by atoms with Crippen LogP contribution in [0.25, 0.3) is 0 Å². The average molecular weight is 266 g/mol. The van der Waals surface area contributed by atoms with E-state index in [1.807, 2.05) is 19.0 Å². The summed E-state index contributed by atoms with van der Waals surface area (Å²) in [5.74, 6) is 1.57. The highest BCUT2D eigenvalue weighted by Gasteiger charge is 2.25. The number of nitrogens with zero attached hydrogens (tertiary/aromatic N) is 5. The molecule has 1 saturated heterocycles. The Labute approximate surface area is 113 Å². The molecule has 0 aromatic carbocycles. The summed E-state index contributed by atoms with van der Waals surface area (Å²) in [4.78, 5) is 17.0. The van der Waals surface area contributed by atoms with Crippen molar-refractivity contribution < 1.29 is 4.74 Å². The summed E-state index contributed by atoms with van der Waals surface area (Å²) in [6, 6.07) is 0.107. The molecule has 1 aliphatic heterocycles. The van der Waals surface area contributed by atoms with Gasteiger partial charge in [-0.05, 0) is 13.8 Å². The zero-order valence-electron chi connectivity index (χ0n) is 12.0. The molecule has 0 radical (unpaired) electrons. The molecule has 2 heterocycles. The summed E-state index contributed by atoms with van der Waals surface area (Å²) in [5.41, 5.74) is 5.76. The number of morpholine rings is 1. The Kier molecular flexibility index (Phi) is 4.16. The summed E-state index contributed by atoms with van der Waals surface area (Å²) < 4.78 is 5.55. The van der Waals surface area contributed by atoms with E-state index >= 15 is 0 Å². The van der Waals surface area contributed by atoms with Crippen LogP contribution in [0.15, 0.2) is 0 Å². The first-order chi connectivity index (χ1) is 8.97. The average Bonchev–Trinajstić information content (AvgIpc) is 2.37. The van der Waals surface area contributed by atoms with Crippen LogP contribution in [0.2, 0.25) is 0 Å². The Balaban J connectivity index is 2.20. The number of nitrogen functional groups attached to an aromatic ring is 1. The molecule has 0 aliphatic carbocycles. The lowest BCUT2D eigenvalue weighted by Gasteiger charge is -2.34. The fraction of sp³-hybridized carbons (Fsp3) is 0.750. The van der Waals surface area contributed by atoms with Crippen LogP contribution >= 0.6 is 0 Å². The van der Waals surface area contributed by atoms with Crippen molar-refractivity contribution in [3.63, 3.8) is 0 Å². The van der Waals surface area contributed by atoms with E-state index in [9.17, 15) is 0 Å². The van der Waals surface area contributed by atoms with E-state index in [4.69, 9.17) is 10.5 Å². The molecule has 0 amide bonds. The maximum Gasteiger partial charge on any atom is 0.229 e. The van der Waals surface area contributed by atoms with Crippen LogP contribution in [0.3, 0.4) is 0 Å². The Hall–Kier alpha value is -1.47. The summed E-state index contributed by atoms with van der Waals surface area (Å²) in [7, 11) is 3.78. The second-order valence-electron chi connectivity index (χ2n) is 5.10. The Morgan fingerprint density at radius 3 is 2.74 bits per heavy atom. The molecule has 2 N–H and O–H groups in total. The third-order valence-electron chi connectivity index (χ3n) is 3.25. The first-order valence-corrected chi connectivity index (χ1v) is 6.52. The van der Waals surface area contributed by atoms with Crippen LogP contribution in [0.4, 0.5) is 11.9 Å². The smallest absolute Gasteiger partial charge is 0.229 e. The number of nitrogens with two attached hydrogens (primary N) is 1. The number of hydrogen-bond acceptors (Lipinski definition) is 7. The van der Waals surface area contributed by atoms with E-state index in [0.29, 0.717) is 11.8 Å². The van der Waals surface area contributed by atoms with Gasteiger partial charge in [-0.1, -0.05) is 0 Å². The van der Waals surface area contributed by atoms with Gasteiger partial charge in [-0.25, -0.2) is 0 Å². The predicted molar refractivity (Wildman–Crippen MR) is 74.0 cm³/mol. The molecule has 19 heavy (non-hydrogen) atoms. The molecule has 7 heteroatoms. The molecule has 1 fully saturated rings. The predicted octanol–water partition coefficient (Wildman–Crippen LogP) is 0.302. The number of hydrogen-bond donors (Lipinski definition) is 1. The Morgan fingerprint density at radius 1 is 1.37 bits per heavy atom. The van der Waals surface area contributed by atoms with Crippen molar-refractivity contribution in [2.24, 2.45) is 0 Å². The van der Waals surface area contributed by atoms with Crippen molar-refractivity contribution in [2.75, 3.05) is 44.4 Å². The monoisotopic (exact) mass is 266 g/mol. The molecular formula is C12H22N6O. The molecule has 1 aliphatic rings. The van der Waals surface area contributed by atoms with Gasteiger partial charge in [0.2, 0.25) is 11.9 Å². The van der Waals surface area contributed by atoms with Gasteiger partial charge in [-0.15, -0.1) is 0 Å². The van der Waals surface area contributed by atoms with Crippen molar-refractivity contribution in [2.45, 2.75) is 26.0 Å². The second-order valence-corrected chi connectivity index (χ2v) is 5.10. The van der Waals surface area contributed by atoms with Gasteiger partial charge in [0, 0.05) is 27.2 Å². The minimum Gasteiger partial charge on any atom is -0.376 e. The Morgan fingerprint density at radius 2 is 2.11 bits per heavy atom. The van der Waals surface area contributed by atoms with Crippen molar-refractivity contribution in [3.05, 3.63) is 5.82 Å². The maximum atomic E-state index is 5.76. The highest BCUT2D eigenvalue weighted by molar-refractivity contribution is 5.33. The van der Waals surface area contributed by atoms with Crippen molar-refractivity contribution in [1.82, 2.24) is 19.9 Å². The van der Waals surface area contributed by atoms with E-state index in [-0.39, 0.29) is 18.1 Å². The zero-order valence-corrected chi connectivity index (χ0v) is 12.0. The number of anilines is 2. The van der Waals surface area contributed by atoms with Crippen LogP contribution in [-0.4, -0.2) is 59.7 Å². The second kappa shape index (κ2) is 5.66. The maximum absolute atomic E-state index is 5.76. The highest BCUT2D eigenvalue weighted by atomic mass is 16.5. The summed E-state index contributed by atoms with van der Waals surface area (Å²) in [6.45, 7) is 6.67. The van der Waals surface area contributed by atoms with Crippen molar-refractivity contribution in [3.8, 4) is 0 Å². The topological polar surface area (TPSA) is 80.4 Å². The van der Waals surface area contributed by atoms with Gasteiger partial charge < -0.3 is 15.4 Å². The molecule has 0 unspecified atom stereocenters. The normalized spacial score (nSPS) is 22.2. The Bertz CT molecular complexity index is 438. The van der Waals surface area contributed by atoms with Crippen LogP contribution in [0.5, 0.6) is 0 Å². The lowest BCUT2D eigenvalue weighted by Crippen LogP contribution is -2.42. The zero-order chi connectivity index (χ0) is 14.0. The summed E-state index contributed by atoms with van der Waals surface area (Å²) >= 11 is 0. The van der Waals surface area contributed by atoms with Gasteiger partial charge in [0.1, 0.15) is 0 Å². The molecule has 2 atom stereocenters. The fourth-order valence-electron chi connectivity index (χ4n) is 2.14. The molecule has 7 nitrogen and oxygen atoms in total. The van der Waals surface area contributed by atoms with Gasteiger partial charge in [-0.3, -0.25) is 4.90 Å². The number of aromatic nitrogens is 3. The van der Waals surface area contributed by atoms with Crippen molar-refractivity contribution >= 4 is 11.9 Å². The standard InChI is InChI=1S/C12H22N6O/c1-8-7-18(5-6-19-8)9(2)10-14-11(13)16-12(15-10)17(3)4/h8-9H,5-7H2,1-4H3,(H2,13,14,15,16)/t8-,9-/m1/s1. The first kappa shape index (κ1) is 14.0. The van der Waals surface area contributed by atoms with Gasteiger partial charge in [0.05, 0.1) is 18.8 Å². The van der Waals surface area contributed by atoms with Crippen LogP contribution in [0.1, 0.15) is 25.7 Å². The molecule has 2 rings (SSSR count). The third kappa shape index (κ3) is 3.30. The van der Waals surface area contributed by atoms with Gasteiger partial charge in [0.25, 0.3) is 0 Å². The number of rotatable bonds is 3. The SMILES string of the molecule is C[C@@H]1CN([C@H](C)c2nc(N)nc(N(C)C)n2)CCO1. The van der Waals surface area contributed by atoms with Gasteiger partial charge >= 0.3 is 0 Å². The quantitative estimate of drug-likeness (QED) is 0.842. The van der Waals surface area contributed by atoms with Gasteiger partial charge in [0.15, 0.2) is 5.82 Å². The molecule has 1 aromatic rings. The van der Waals surface area contributed by atoms with Crippen LogP contribution in [0, 0.1) is 0 Å². The summed E-state index contributed by atoms with van der Waals surface area (Å²) in [5, 5.41) is 0. The number of ether oxygens (including phenoxy) is 1. The van der Waals surface area contributed by atoms with E-state index in [1.165, 1.54) is 0 Å². The van der Waals surface area contributed by atoms with E-state index in [0.717, 1.165) is 19.7 Å². The van der Waals surface area contributed by atoms with Crippen LogP contribution < -0.4 is 10.6 Å². The molecule has 106 valence electrons. The fourth-order valence-corrected chi connectivity index (χ4v) is 2.14. The minimum atomic E-state index is 0.107. The third-order valence-corrected chi connectivity index (χ3v) is 3.25. The molecular weight excluding hydrogens is 244 g/mol. The minimum absolute atomic E-state index is 0.107. The lowest BCUT2D eigenvalue weighted by atomic mass is 10.2. The first-order valence-electron chi connectivity index (χ1n) is 6.52. The van der Waals surface area contributed by atoms with Gasteiger partial charge in [-0.2, -0.15) is 15.0 Å². The largest absolute Gasteiger partial charge is 0.376 e. The molecule has 0 spiro atoms. The lowest BCUT2D eigenvalue weighted by molar-refractivity contribution is -0.0331. The summed E-state index contributed by atoms with van der Waals surface area (Å²) in [6.07, 6.45) is 0.240. The highest BCUT2D eigenvalue weighted by Crippen LogP contribution is 2.21. The molecule has 0 bridgehead atoms. The molecule has 0 saturated carbocycles. The van der Waals surface area contributed by atoms with E-state index in [1.54, 1.807) is 0 Å². The molecule has 1 aromatic heterocycles. The van der Waals surface area contributed by atoms with Crippen LogP contribution in [-0.2, 0) is 4.74 Å². The van der Waals surface area contributed by atoms with Crippen molar-refractivity contribution in [1.29, 1.82) is 0 Å². The van der Waals surface area contributed by atoms with E-state index < -0.39 is 0 Å². The van der Waals surface area contributed by atoms with E-state index in [2.05, 4.69) is 33.7 Å².